The van der Waals surface area contributed by atoms with Crippen LogP contribution in [0.5, 0.6) is 0 Å². The highest BCUT2D eigenvalue weighted by molar-refractivity contribution is 5.68. The number of carbonyl (C=O) groups is 1. The van der Waals surface area contributed by atoms with Gasteiger partial charge in [0, 0.05) is 24.8 Å². The Bertz CT molecular complexity index is 493. The number of amides is 1. The summed E-state index contributed by atoms with van der Waals surface area (Å²) < 4.78 is 5.23. The van der Waals surface area contributed by atoms with Crippen molar-refractivity contribution in [1.82, 2.24) is 20.6 Å². The fourth-order valence-electron chi connectivity index (χ4n) is 2.23. The number of aryl methyl sites for hydroxylation is 1. The summed E-state index contributed by atoms with van der Waals surface area (Å²) in [6.45, 7) is 8.20. The van der Waals surface area contributed by atoms with Gasteiger partial charge >= 0.3 is 6.09 Å². The molecule has 0 saturated heterocycles. The van der Waals surface area contributed by atoms with Gasteiger partial charge in [-0.3, -0.25) is 0 Å². The van der Waals surface area contributed by atoms with Crippen molar-refractivity contribution in [2.45, 2.75) is 64.8 Å². The fourth-order valence-corrected chi connectivity index (χ4v) is 2.23. The Morgan fingerprint density at radius 3 is 2.71 bits per heavy atom. The van der Waals surface area contributed by atoms with Crippen molar-refractivity contribution in [2.24, 2.45) is 0 Å². The van der Waals surface area contributed by atoms with Gasteiger partial charge < -0.3 is 15.4 Å². The standard InChI is InChI=1S/C15H24N4O2/c1-10-16-6-5-11(18-10)9-17-12-7-13(8-12)19-14(20)21-15(2,3)4/h5-6,12-13,17H,7-9H2,1-4H3,(H,19,20). The molecule has 1 aromatic heterocycles. The Hall–Kier alpha value is -1.69. The van der Waals surface area contributed by atoms with Crippen LogP contribution < -0.4 is 10.6 Å². The van der Waals surface area contributed by atoms with Gasteiger partial charge in [-0.25, -0.2) is 14.8 Å². The maximum Gasteiger partial charge on any atom is 0.407 e. The highest BCUT2D eigenvalue weighted by Crippen LogP contribution is 2.21. The summed E-state index contributed by atoms with van der Waals surface area (Å²) >= 11 is 0. The largest absolute Gasteiger partial charge is 0.444 e. The minimum absolute atomic E-state index is 0.199. The third-order valence-electron chi connectivity index (χ3n) is 3.26. The molecule has 1 amide bonds. The topological polar surface area (TPSA) is 76.1 Å². The number of nitrogens with one attached hydrogen (secondary N) is 2. The zero-order valence-corrected chi connectivity index (χ0v) is 13.1. The second-order valence-corrected chi connectivity index (χ2v) is 6.49. The second kappa shape index (κ2) is 6.39. The molecule has 0 unspecified atom stereocenters. The van der Waals surface area contributed by atoms with Crippen molar-refractivity contribution in [3.63, 3.8) is 0 Å². The number of nitrogens with zero attached hydrogens (tertiary/aromatic N) is 2. The fraction of sp³-hybridized carbons (Fsp3) is 0.667. The zero-order valence-electron chi connectivity index (χ0n) is 13.1. The monoisotopic (exact) mass is 292 g/mol. The van der Waals surface area contributed by atoms with Crippen molar-refractivity contribution in [1.29, 1.82) is 0 Å². The number of aromatic nitrogens is 2. The van der Waals surface area contributed by atoms with Gasteiger partial charge in [0.15, 0.2) is 0 Å². The first-order chi connectivity index (χ1) is 9.82. The molecular weight excluding hydrogens is 268 g/mol. The van der Waals surface area contributed by atoms with E-state index in [1.807, 2.05) is 33.8 Å². The minimum atomic E-state index is -0.448. The quantitative estimate of drug-likeness (QED) is 0.887. The molecular formula is C15H24N4O2. The number of alkyl carbamates (subject to hydrolysis) is 1. The van der Waals surface area contributed by atoms with Crippen molar-refractivity contribution < 1.29 is 9.53 Å². The van der Waals surface area contributed by atoms with E-state index in [0.717, 1.165) is 30.9 Å². The van der Waals surface area contributed by atoms with Crippen LogP contribution in [-0.2, 0) is 11.3 Å². The third-order valence-corrected chi connectivity index (χ3v) is 3.26. The molecule has 6 heteroatoms. The van der Waals surface area contributed by atoms with Crippen LogP contribution in [-0.4, -0.2) is 33.7 Å². The van der Waals surface area contributed by atoms with Crippen LogP contribution in [0.2, 0.25) is 0 Å². The van der Waals surface area contributed by atoms with Gasteiger partial charge in [-0.1, -0.05) is 0 Å². The van der Waals surface area contributed by atoms with Gasteiger partial charge in [0.25, 0.3) is 0 Å². The molecule has 1 aromatic rings. The molecule has 0 spiro atoms. The predicted molar refractivity (Wildman–Crippen MR) is 79.8 cm³/mol. The summed E-state index contributed by atoms with van der Waals surface area (Å²) in [5.74, 6) is 0.785. The van der Waals surface area contributed by atoms with Gasteiger partial charge in [-0.2, -0.15) is 0 Å². The molecule has 6 nitrogen and oxygen atoms in total. The first-order valence-electron chi connectivity index (χ1n) is 7.33. The van der Waals surface area contributed by atoms with Crippen molar-refractivity contribution in [2.75, 3.05) is 0 Å². The molecule has 0 atom stereocenters. The molecule has 1 heterocycles. The third kappa shape index (κ3) is 5.30. The van der Waals surface area contributed by atoms with Crippen molar-refractivity contribution in [3.8, 4) is 0 Å². The highest BCUT2D eigenvalue weighted by atomic mass is 16.6. The molecule has 1 saturated carbocycles. The molecule has 0 bridgehead atoms. The van der Waals surface area contributed by atoms with E-state index in [0.29, 0.717) is 6.04 Å². The maximum atomic E-state index is 11.6. The molecule has 116 valence electrons. The van der Waals surface area contributed by atoms with Gasteiger partial charge in [-0.15, -0.1) is 0 Å². The molecule has 21 heavy (non-hydrogen) atoms. The smallest absolute Gasteiger partial charge is 0.407 e. The first-order valence-corrected chi connectivity index (χ1v) is 7.33. The lowest BCUT2D eigenvalue weighted by Crippen LogP contribution is -2.53. The van der Waals surface area contributed by atoms with Crippen LogP contribution >= 0.6 is 0 Å². The van der Waals surface area contributed by atoms with E-state index < -0.39 is 5.60 Å². The van der Waals surface area contributed by atoms with E-state index in [4.69, 9.17) is 4.74 Å². The summed E-state index contributed by atoms with van der Waals surface area (Å²) in [5, 5.41) is 6.32. The lowest BCUT2D eigenvalue weighted by molar-refractivity contribution is 0.0465. The average molecular weight is 292 g/mol. The van der Waals surface area contributed by atoms with E-state index in [2.05, 4.69) is 20.6 Å². The van der Waals surface area contributed by atoms with E-state index in [-0.39, 0.29) is 12.1 Å². The van der Waals surface area contributed by atoms with Gasteiger partial charge in [-0.05, 0) is 46.6 Å². The van der Waals surface area contributed by atoms with E-state index >= 15 is 0 Å². The number of hydrogen-bond donors (Lipinski definition) is 2. The molecule has 0 aliphatic heterocycles. The molecule has 0 radical (unpaired) electrons. The Balaban J connectivity index is 1.64. The Labute approximate surface area is 125 Å². The summed E-state index contributed by atoms with van der Waals surface area (Å²) in [4.78, 5) is 20.0. The summed E-state index contributed by atoms with van der Waals surface area (Å²) in [7, 11) is 0. The number of ether oxygens (including phenoxy) is 1. The summed E-state index contributed by atoms with van der Waals surface area (Å²) in [5.41, 5.74) is 0.544. The van der Waals surface area contributed by atoms with E-state index in [1.165, 1.54) is 0 Å². The molecule has 1 aliphatic rings. The molecule has 0 aromatic carbocycles. The van der Waals surface area contributed by atoms with Crippen molar-refractivity contribution >= 4 is 6.09 Å². The Morgan fingerprint density at radius 1 is 1.38 bits per heavy atom. The molecule has 1 aliphatic carbocycles. The molecule has 2 N–H and O–H groups in total. The van der Waals surface area contributed by atoms with E-state index in [9.17, 15) is 4.79 Å². The van der Waals surface area contributed by atoms with Gasteiger partial charge in [0.05, 0.1) is 5.69 Å². The molecule has 2 rings (SSSR count). The van der Waals surface area contributed by atoms with Gasteiger partial charge in [0.1, 0.15) is 11.4 Å². The second-order valence-electron chi connectivity index (χ2n) is 6.49. The lowest BCUT2D eigenvalue weighted by atomic mass is 9.87. The predicted octanol–water partition coefficient (Wildman–Crippen LogP) is 1.93. The summed E-state index contributed by atoms with van der Waals surface area (Å²) in [6, 6.07) is 2.53. The molecule has 1 fully saturated rings. The number of carbonyl (C=O) groups excluding carboxylic acids is 1. The van der Waals surface area contributed by atoms with Crippen LogP contribution in [0.15, 0.2) is 12.3 Å². The van der Waals surface area contributed by atoms with Crippen molar-refractivity contribution in [3.05, 3.63) is 23.8 Å². The number of hydrogen-bond acceptors (Lipinski definition) is 5. The van der Waals surface area contributed by atoms with Crippen LogP contribution in [0.3, 0.4) is 0 Å². The zero-order chi connectivity index (χ0) is 15.5. The SMILES string of the molecule is Cc1nccc(CNC2CC(NC(=O)OC(C)(C)C)C2)n1. The Kier molecular flexibility index (Phi) is 4.77. The van der Waals surface area contributed by atoms with Gasteiger partial charge in [0.2, 0.25) is 0 Å². The lowest BCUT2D eigenvalue weighted by Gasteiger charge is -2.36. The van der Waals surface area contributed by atoms with Crippen LogP contribution in [0.1, 0.15) is 45.1 Å². The Morgan fingerprint density at radius 2 is 2.10 bits per heavy atom. The number of rotatable bonds is 4. The average Bonchev–Trinajstić information content (AvgIpc) is 2.29. The maximum absolute atomic E-state index is 11.6. The van der Waals surface area contributed by atoms with E-state index in [1.54, 1.807) is 6.20 Å². The summed E-state index contributed by atoms with van der Waals surface area (Å²) in [6.07, 6.45) is 3.27. The normalized spacial score (nSPS) is 21.5. The highest BCUT2D eigenvalue weighted by Gasteiger charge is 2.31. The van der Waals surface area contributed by atoms with Crippen LogP contribution in [0.25, 0.3) is 0 Å². The minimum Gasteiger partial charge on any atom is -0.444 e. The van der Waals surface area contributed by atoms with Crippen LogP contribution in [0, 0.1) is 6.92 Å². The van der Waals surface area contributed by atoms with Crippen LogP contribution in [0.4, 0.5) is 4.79 Å². The first kappa shape index (κ1) is 15.7.